The van der Waals surface area contributed by atoms with Crippen molar-refractivity contribution in [3.05, 3.63) is 54.0 Å². The average Bonchev–Trinajstić information content (AvgIpc) is 3.12. The van der Waals surface area contributed by atoms with Crippen molar-refractivity contribution in [1.29, 1.82) is 0 Å². The summed E-state index contributed by atoms with van der Waals surface area (Å²) in [5.74, 6) is -0.167. The van der Waals surface area contributed by atoms with Crippen LogP contribution in [0.4, 0.5) is 10.2 Å². The molecule has 3 fully saturated rings. The van der Waals surface area contributed by atoms with E-state index in [1.165, 1.54) is 17.7 Å². The second-order valence-corrected chi connectivity index (χ2v) is 7.88. The Morgan fingerprint density at radius 3 is 2.90 bits per heavy atom. The van der Waals surface area contributed by atoms with E-state index in [0.29, 0.717) is 34.8 Å². The van der Waals surface area contributed by atoms with Crippen LogP contribution in [0, 0.1) is 11.7 Å². The molecule has 0 saturated carbocycles. The number of aromatic hydroxyl groups is 1. The van der Waals surface area contributed by atoms with Gasteiger partial charge in [-0.05, 0) is 48.2 Å². The van der Waals surface area contributed by atoms with Crippen molar-refractivity contribution in [2.24, 2.45) is 5.92 Å². The lowest BCUT2D eigenvalue weighted by atomic mass is 9.79. The summed E-state index contributed by atoms with van der Waals surface area (Å²) in [5, 5.41) is 21.7. The number of nitrogen functional groups attached to an aromatic ring is 1. The number of rotatable bonds is 3. The number of phenolic OH excluding ortho intramolecular Hbond substituents is 1. The second-order valence-electron chi connectivity index (χ2n) is 7.88. The minimum absolute atomic E-state index is 0.228. The molecule has 1 aromatic carbocycles. The van der Waals surface area contributed by atoms with E-state index in [1.807, 2.05) is 12.1 Å². The van der Waals surface area contributed by atoms with Crippen molar-refractivity contribution in [2.45, 2.75) is 18.4 Å². The van der Waals surface area contributed by atoms with Crippen molar-refractivity contribution < 1.29 is 14.2 Å². The predicted molar refractivity (Wildman–Crippen MR) is 110 cm³/mol. The molecule has 3 aromatic rings. The third-order valence-corrected chi connectivity index (χ3v) is 6.00. The number of phenols is 1. The fraction of sp³-hybridized carbons (Fsp3) is 0.318. The first-order valence-electron chi connectivity index (χ1n) is 9.98. The summed E-state index contributed by atoms with van der Waals surface area (Å²) in [7, 11) is 0. The van der Waals surface area contributed by atoms with Crippen LogP contribution in [0.3, 0.4) is 0 Å². The average molecular weight is 407 g/mol. The summed E-state index contributed by atoms with van der Waals surface area (Å²) in [4.78, 5) is 4.49. The van der Waals surface area contributed by atoms with Gasteiger partial charge >= 0.3 is 0 Å². The summed E-state index contributed by atoms with van der Waals surface area (Å²) >= 11 is 0. The maximum absolute atomic E-state index is 13.8. The molecule has 6 rings (SSSR count). The molecule has 0 radical (unpaired) electrons. The third-order valence-electron chi connectivity index (χ3n) is 6.00. The quantitative estimate of drug-likeness (QED) is 0.613. The highest BCUT2D eigenvalue weighted by Crippen LogP contribution is 2.37. The van der Waals surface area contributed by atoms with Crippen LogP contribution in [0.5, 0.6) is 5.75 Å². The van der Waals surface area contributed by atoms with E-state index in [4.69, 9.17) is 10.5 Å². The summed E-state index contributed by atoms with van der Waals surface area (Å²) in [6, 6.07) is 10.4. The number of nitrogens with one attached hydrogen (secondary N) is 1. The van der Waals surface area contributed by atoms with Gasteiger partial charge in [0.15, 0.2) is 17.4 Å². The standard InChI is InChI=1S/C22H22FN5O2/c23-18-3-1-2-15(21(18)29)20-8-17(22(24)28-27-20)19-6-12(4-5-25-19)16-7-14-11-30-10-13(16)9-26-14/h1-6,8,13-14,16,26,29H,7,9-11H2,(H2,24,28)/t13-,14-,16-/m0/s1. The summed E-state index contributed by atoms with van der Waals surface area (Å²) in [6.45, 7) is 2.43. The minimum Gasteiger partial charge on any atom is -0.504 e. The number of nitrogens with two attached hydrogens (primary N) is 1. The van der Waals surface area contributed by atoms with Crippen molar-refractivity contribution >= 4 is 5.82 Å². The number of anilines is 1. The second kappa shape index (κ2) is 7.62. The van der Waals surface area contributed by atoms with Crippen LogP contribution in [-0.4, -0.2) is 46.1 Å². The maximum Gasteiger partial charge on any atom is 0.165 e. The Morgan fingerprint density at radius 2 is 2.00 bits per heavy atom. The van der Waals surface area contributed by atoms with Crippen molar-refractivity contribution in [2.75, 3.05) is 25.5 Å². The van der Waals surface area contributed by atoms with Gasteiger partial charge in [-0.3, -0.25) is 4.98 Å². The molecule has 154 valence electrons. The zero-order chi connectivity index (χ0) is 20.7. The minimum atomic E-state index is -0.716. The largest absolute Gasteiger partial charge is 0.504 e. The molecule has 3 saturated heterocycles. The fourth-order valence-corrected chi connectivity index (χ4v) is 4.40. The highest BCUT2D eigenvalue weighted by Gasteiger charge is 2.34. The van der Waals surface area contributed by atoms with Crippen LogP contribution >= 0.6 is 0 Å². The van der Waals surface area contributed by atoms with Gasteiger partial charge in [0.05, 0.1) is 24.6 Å². The van der Waals surface area contributed by atoms with Gasteiger partial charge in [0.1, 0.15) is 0 Å². The first-order valence-corrected chi connectivity index (χ1v) is 9.98. The van der Waals surface area contributed by atoms with E-state index < -0.39 is 11.6 Å². The third kappa shape index (κ3) is 3.38. The number of hydrogen-bond acceptors (Lipinski definition) is 7. The molecule has 0 unspecified atom stereocenters. The predicted octanol–water partition coefficient (Wildman–Crippen LogP) is 2.72. The smallest absolute Gasteiger partial charge is 0.165 e. The van der Waals surface area contributed by atoms with Gasteiger partial charge in [0, 0.05) is 35.8 Å². The van der Waals surface area contributed by atoms with Crippen molar-refractivity contribution in [1.82, 2.24) is 20.5 Å². The Bertz CT molecular complexity index is 1090. The molecule has 0 spiro atoms. The van der Waals surface area contributed by atoms with Gasteiger partial charge in [-0.25, -0.2) is 4.39 Å². The van der Waals surface area contributed by atoms with Crippen molar-refractivity contribution in [3.8, 4) is 28.3 Å². The molecule has 30 heavy (non-hydrogen) atoms. The molecule has 4 N–H and O–H groups in total. The summed E-state index contributed by atoms with van der Waals surface area (Å²) < 4.78 is 19.6. The topological polar surface area (TPSA) is 106 Å². The van der Waals surface area contributed by atoms with E-state index in [-0.39, 0.29) is 11.4 Å². The highest BCUT2D eigenvalue weighted by molar-refractivity contribution is 5.77. The van der Waals surface area contributed by atoms with E-state index >= 15 is 0 Å². The number of hydrogen-bond donors (Lipinski definition) is 3. The number of nitrogens with zero attached hydrogens (tertiary/aromatic N) is 3. The molecule has 8 heteroatoms. The molecule has 0 aliphatic carbocycles. The van der Waals surface area contributed by atoms with E-state index in [9.17, 15) is 9.50 Å². The van der Waals surface area contributed by atoms with Crippen LogP contribution in [0.15, 0.2) is 42.6 Å². The van der Waals surface area contributed by atoms with Gasteiger partial charge in [0.2, 0.25) is 0 Å². The molecule has 3 aliphatic rings. The molecule has 2 bridgehead atoms. The maximum atomic E-state index is 13.8. The number of halogens is 1. The monoisotopic (exact) mass is 407 g/mol. The van der Waals surface area contributed by atoms with Gasteiger partial charge in [-0.1, -0.05) is 6.07 Å². The lowest BCUT2D eigenvalue weighted by Crippen LogP contribution is -2.42. The molecule has 3 atom stereocenters. The highest BCUT2D eigenvalue weighted by atomic mass is 19.1. The lowest BCUT2D eigenvalue weighted by molar-refractivity contribution is 0.124. The Morgan fingerprint density at radius 1 is 1.10 bits per heavy atom. The van der Waals surface area contributed by atoms with E-state index in [1.54, 1.807) is 18.3 Å². The normalized spacial score (nSPS) is 23.3. The zero-order valence-electron chi connectivity index (χ0n) is 16.3. The van der Waals surface area contributed by atoms with Gasteiger partial charge in [-0.15, -0.1) is 10.2 Å². The molecular weight excluding hydrogens is 385 g/mol. The molecule has 3 aliphatic heterocycles. The first-order chi connectivity index (χ1) is 14.6. The number of benzene rings is 1. The number of piperidine rings is 1. The Kier molecular flexibility index (Phi) is 4.80. The van der Waals surface area contributed by atoms with Crippen LogP contribution in [0.1, 0.15) is 17.9 Å². The first kappa shape index (κ1) is 18.9. The van der Waals surface area contributed by atoms with E-state index in [2.05, 4.69) is 20.5 Å². The van der Waals surface area contributed by atoms with Crippen LogP contribution in [0.2, 0.25) is 0 Å². The van der Waals surface area contributed by atoms with Gasteiger partial charge in [-0.2, -0.15) is 0 Å². The number of ether oxygens (including phenoxy) is 1. The molecule has 2 aromatic heterocycles. The zero-order valence-corrected chi connectivity index (χ0v) is 16.3. The molecular formula is C22H22FN5O2. The summed E-state index contributed by atoms with van der Waals surface area (Å²) in [6.07, 6.45) is 2.79. The Labute approximate surface area is 173 Å². The lowest BCUT2D eigenvalue weighted by Gasteiger charge is -2.32. The number of aromatic nitrogens is 3. The molecule has 7 nitrogen and oxygen atoms in total. The molecule has 5 heterocycles. The Hall–Kier alpha value is -3.10. The fourth-order valence-electron chi connectivity index (χ4n) is 4.40. The molecule has 0 amide bonds. The number of pyridine rings is 1. The van der Waals surface area contributed by atoms with Gasteiger partial charge < -0.3 is 20.9 Å². The Balaban J connectivity index is 1.53. The number of para-hydroxylation sites is 1. The van der Waals surface area contributed by atoms with Crippen molar-refractivity contribution in [3.63, 3.8) is 0 Å². The number of fused-ring (bicyclic) bond motifs is 4. The van der Waals surface area contributed by atoms with Gasteiger partial charge in [0.25, 0.3) is 0 Å². The summed E-state index contributed by atoms with van der Waals surface area (Å²) in [5.41, 5.74) is 9.14. The van der Waals surface area contributed by atoms with Crippen LogP contribution in [0.25, 0.3) is 22.5 Å². The van der Waals surface area contributed by atoms with E-state index in [0.717, 1.165) is 26.2 Å². The van der Waals surface area contributed by atoms with Crippen LogP contribution in [-0.2, 0) is 4.74 Å². The van der Waals surface area contributed by atoms with Crippen LogP contribution < -0.4 is 11.1 Å². The SMILES string of the molecule is Nc1nnc(-c2cccc(F)c2O)cc1-c1cc([C@@H]2C[C@H]3COC[C@@H]2CN3)ccn1.